The second-order valence-electron chi connectivity index (χ2n) is 14.6. The van der Waals surface area contributed by atoms with Crippen LogP contribution in [0.25, 0.3) is 102 Å². The molecule has 0 saturated heterocycles. The normalized spacial score (nSPS) is 10.9. The van der Waals surface area contributed by atoms with E-state index in [4.69, 9.17) is 29.9 Å². The fraction of sp³-hybridized carbons (Fsp3) is 0. The molecule has 0 fully saturated rings. The Morgan fingerprint density at radius 1 is 0.242 bits per heavy atom. The van der Waals surface area contributed by atoms with Gasteiger partial charge in [0, 0.05) is 33.4 Å². The van der Waals surface area contributed by atoms with Crippen LogP contribution in [0.15, 0.2) is 212 Å². The minimum Gasteiger partial charge on any atom is -0.208 e. The van der Waals surface area contributed by atoms with Gasteiger partial charge in [-0.25, -0.2) is 29.9 Å². The molecule has 8 aromatic carbocycles. The van der Waals surface area contributed by atoms with Crippen molar-refractivity contribution >= 4 is 0 Å². The zero-order chi connectivity index (χ0) is 41.7. The molecule has 7 nitrogen and oxygen atoms in total. The summed E-state index contributed by atoms with van der Waals surface area (Å²) in [6, 6.07) is 73.1. The third kappa shape index (κ3) is 7.75. The lowest BCUT2D eigenvalue weighted by atomic mass is 9.87. The van der Waals surface area contributed by atoms with Gasteiger partial charge in [0.1, 0.15) is 0 Å². The van der Waals surface area contributed by atoms with E-state index in [-0.39, 0.29) is 0 Å². The highest BCUT2D eigenvalue weighted by molar-refractivity contribution is 5.95. The lowest BCUT2D eigenvalue weighted by Gasteiger charge is -2.17. The van der Waals surface area contributed by atoms with E-state index in [1.807, 2.05) is 146 Å². The molecule has 0 aliphatic carbocycles. The molecule has 0 aliphatic rings. The van der Waals surface area contributed by atoms with Gasteiger partial charge in [-0.15, -0.1) is 0 Å². The first-order chi connectivity index (χ1) is 30.7. The van der Waals surface area contributed by atoms with Crippen molar-refractivity contribution in [3.8, 4) is 108 Å². The van der Waals surface area contributed by atoms with E-state index in [2.05, 4.69) is 72.8 Å². The summed E-state index contributed by atoms with van der Waals surface area (Å²) in [5.41, 5.74) is 12.2. The molecule has 7 heteroatoms. The van der Waals surface area contributed by atoms with Gasteiger partial charge in [0.05, 0.1) is 11.6 Å². The Kier molecular flexibility index (Phi) is 10.2. The first-order valence-corrected chi connectivity index (χ1v) is 20.3. The molecule has 10 rings (SSSR count). The van der Waals surface area contributed by atoms with E-state index in [0.717, 1.165) is 66.8 Å². The topological polar surface area (TPSA) is 101 Å². The number of benzene rings is 8. The standard InChI is InChI=1S/C55H35N7/c56-36-37-24-26-38(27-25-37)47-22-13-23-48(39-28-32-45(33-29-39)54-59-50(41-14-5-1-6-15-41)57-51(60-54)42-16-7-2-8-17-42)49(47)40-30-34-46(35-31-40)55-61-52(43-18-9-3-10-19-43)58-53(62-55)44-20-11-4-12-21-44/h1-35H. The second kappa shape index (κ2) is 16.9. The Morgan fingerprint density at radius 2 is 0.500 bits per heavy atom. The second-order valence-corrected chi connectivity index (χ2v) is 14.6. The van der Waals surface area contributed by atoms with Gasteiger partial charge in [-0.3, -0.25) is 0 Å². The SMILES string of the molecule is N#Cc1ccc(-c2cccc(-c3ccc(-c4nc(-c5ccccc5)nc(-c5ccccc5)n4)cc3)c2-c2ccc(-c3nc(-c4ccccc4)nc(-c4ccccc4)n3)cc2)cc1. The molecule has 0 N–H and O–H groups in total. The van der Waals surface area contributed by atoms with Crippen LogP contribution >= 0.6 is 0 Å². The Balaban J connectivity index is 1.07. The first kappa shape index (κ1) is 37.5. The molecule has 0 saturated carbocycles. The lowest BCUT2D eigenvalue weighted by Crippen LogP contribution is -2.00. The van der Waals surface area contributed by atoms with Crippen molar-refractivity contribution in [2.75, 3.05) is 0 Å². The van der Waals surface area contributed by atoms with Crippen molar-refractivity contribution in [1.82, 2.24) is 29.9 Å². The van der Waals surface area contributed by atoms with Crippen LogP contribution in [0.4, 0.5) is 0 Å². The third-order valence-corrected chi connectivity index (χ3v) is 10.7. The van der Waals surface area contributed by atoms with Crippen LogP contribution in [0.5, 0.6) is 0 Å². The molecule has 0 unspecified atom stereocenters. The third-order valence-electron chi connectivity index (χ3n) is 10.7. The lowest BCUT2D eigenvalue weighted by molar-refractivity contribution is 1.07. The van der Waals surface area contributed by atoms with E-state index in [1.165, 1.54) is 0 Å². The number of rotatable bonds is 9. The van der Waals surface area contributed by atoms with Crippen LogP contribution in [0.1, 0.15) is 5.56 Å². The summed E-state index contributed by atoms with van der Waals surface area (Å²) in [5.74, 6) is 3.63. The fourth-order valence-electron chi connectivity index (χ4n) is 7.53. The molecule has 10 aromatic rings. The summed E-state index contributed by atoms with van der Waals surface area (Å²) in [7, 11) is 0. The minimum absolute atomic E-state index is 0.588. The summed E-state index contributed by atoms with van der Waals surface area (Å²) in [5, 5.41) is 9.58. The number of hydrogen-bond donors (Lipinski definition) is 0. The molecule has 0 spiro atoms. The van der Waals surface area contributed by atoms with E-state index >= 15 is 0 Å². The number of hydrogen-bond acceptors (Lipinski definition) is 7. The van der Waals surface area contributed by atoms with Gasteiger partial charge in [-0.1, -0.05) is 200 Å². The predicted octanol–water partition coefficient (Wildman–Crippen LogP) is 12.9. The van der Waals surface area contributed by atoms with Crippen LogP contribution in [-0.2, 0) is 0 Å². The Morgan fingerprint density at radius 3 is 0.806 bits per heavy atom. The summed E-state index contributed by atoms with van der Waals surface area (Å²) >= 11 is 0. The maximum atomic E-state index is 9.58. The largest absolute Gasteiger partial charge is 0.208 e. The summed E-state index contributed by atoms with van der Waals surface area (Å²) in [4.78, 5) is 29.6. The van der Waals surface area contributed by atoms with Crippen LogP contribution in [-0.4, -0.2) is 29.9 Å². The zero-order valence-corrected chi connectivity index (χ0v) is 33.3. The summed E-state index contributed by atoms with van der Waals surface area (Å²) in [6.07, 6.45) is 0. The van der Waals surface area contributed by atoms with Crippen molar-refractivity contribution in [1.29, 1.82) is 5.26 Å². The van der Waals surface area contributed by atoms with Gasteiger partial charge in [-0.05, 0) is 45.5 Å². The van der Waals surface area contributed by atoms with Gasteiger partial charge in [0.2, 0.25) is 0 Å². The average Bonchev–Trinajstić information content (AvgIpc) is 3.37. The van der Waals surface area contributed by atoms with Gasteiger partial charge in [0.25, 0.3) is 0 Å². The summed E-state index contributed by atoms with van der Waals surface area (Å²) in [6.45, 7) is 0. The summed E-state index contributed by atoms with van der Waals surface area (Å²) < 4.78 is 0. The maximum absolute atomic E-state index is 9.58. The molecule has 0 amide bonds. The van der Waals surface area contributed by atoms with Crippen molar-refractivity contribution in [3.05, 3.63) is 218 Å². The van der Waals surface area contributed by atoms with Crippen LogP contribution in [0.2, 0.25) is 0 Å². The molecule has 2 aromatic heterocycles. The monoisotopic (exact) mass is 793 g/mol. The van der Waals surface area contributed by atoms with Crippen LogP contribution in [0, 0.1) is 11.3 Å². The number of aromatic nitrogens is 6. The fourth-order valence-corrected chi connectivity index (χ4v) is 7.53. The molecule has 290 valence electrons. The number of nitriles is 1. The highest BCUT2D eigenvalue weighted by atomic mass is 15.0. The first-order valence-electron chi connectivity index (χ1n) is 20.3. The molecule has 0 aliphatic heterocycles. The van der Waals surface area contributed by atoms with Crippen molar-refractivity contribution in [3.63, 3.8) is 0 Å². The van der Waals surface area contributed by atoms with E-state index in [9.17, 15) is 5.26 Å². The molecular weight excluding hydrogens is 759 g/mol. The van der Waals surface area contributed by atoms with Gasteiger partial charge in [0.15, 0.2) is 34.9 Å². The molecule has 0 bridgehead atoms. The van der Waals surface area contributed by atoms with E-state index in [0.29, 0.717) is 40.5 Å². The van der Waals surface area contributed by atoms with Crippen LogP contribution in [0.3, 0.4) is 0 Å². The maximum Gasteiger partial charge on any atom is 0.164 e. The highest BCUT2D eigenvalue weighted by Crippen LogP contribution is 2.41. The quantitative estimate of drug-likeness (QED) is 0.143. The van der Waals surface area contributed by atoms with Crippen molar-refractivity contribution in [2.45, 2.75) is 0 Å². The smallest absolute Gasteiger partial charge is 0.164 e. The predicted molar refractivity (Wildman–Crippen MR) is 247 cm³/mol. The molecule has 2 heterocycles. The Labute approximate surface area is 359 Å². The zero-order valence-electron chi connectivity index (χ0n) is 33.3. The Bertz CT molecular complexity index is 3070. The Hall–Kier alpha value is -8.73. The minimum atomic E-state index is 0.588. The van der Waals surface area contributed by atoms with Gasteiger partial charge in [-0.2, -0.15) is 5.26 Å². The van der Waals surface area contributed by atoms with Crippen molar-refractivity contribution < 1.29 is 0 Å². The molecule has 62 heavy (non-hydrogen) atoms. The van der Waals surface area contributed by atoms with Gasteiger partial charge >= 0.3 is 0 Å². The van der Waals surface area contributed by atoms with Crippen molar-refractivity contribution in [2.24, 2.45) is 0 Å². The molecule has 0 atom stereocenters. The average molecular weight is 794 g/mol. The number of nitrogens with zero attached hydrogens (tertiary/aromatic N) is 7. The molecule has 0 radical (unpaired) electrons. The van der Waals surface area contributed by atoms with E-state index in [1.54, 1.807) is 0 Å². The van der Waals surface area contributed by atoms with Crippen LogP contribution < -0.4 is 0 Å². The highest BCUT2D eigenvalue weighted by Gasteiger charge is 2.18. The molecular formula is C55H35N7. The van der Waals surface area contributed by atoms with Gasteiger partial charge < -0.3 is 0 Å². The van der Waals surface area contributed by atoms with E-state index < -0.39 is 0 Å².